The predicted octanol–water partition coefficient (Wildman–Crippen LogP) is 1.75. The van der Waals surface area contributed by atoms with Crippen LogP contribution >= 0.6 is 0 Å². The van der Waals surface area contributed by atoms with Gasteiger partial charge in [0.2, 0.25) is 0 Å². The Morgan fingerprint density at radius 1 is 1.25 bits per heavy atom. The molecule has 5 heteroatoms. The number of carbonyl (C=O) groups excluding carboxylic acids is 1. The highest BCUT2D eigenvalue weighted by atomic mass is 16.4. The van der Waals surface area contributed by atoms with Gasteiger partial charge in [-0.2, -0.15) is 0 Å². The topological polar surface area (TPSA) is 78.4 Å². The lowest BCUT2D eigenvalue weighted by Gasteiger charge is -2.10. The number of rotatable bonds is 2. The van der Waals surface area contributed by atoms with Gasteiger partial charge in [-0.3, -0.25) is 0 Å². The minimum atomic E-state index is -0.999. The molecule has 5 nitrogen and oxygen atoms in total. The molecule has 0 saturated carbocycles. The summed E-state index contributed by atoms with van der Waals surface area (Å²) in [5, 5.41) is 13.9. The van der Waals surface area contributed by atoms with E-state index in [4.69, 9.17) is 5.11 Å². The van der Waals surface area contributed by atoms with Crippen LogP contribution < -0.4 is 10.6 Å². The van der Waals surface area contributed by atoms with Gasteiger partial charge in [0, 0.05) is 12.7 Å². The Hall–Kier alpha value is -2.04. The van der Waals surface area contributed by atoms with Crippen molar-refractivity contribution >= 4 is 17.7 Å². The summed E-state index contributed by atoms with van der Waals surface area (Å²) in [7, 11) is 1.49. The highest BCUT2D eigenvalue weighted by Crippen LogP contribution is 2.19. The number of urea groups is 1. The van der Waals surface area contributed by atoms with Crippen LogP contribution in [0.3, 0.4) is 0 Å². The number of hydrogen-bond donors (Lipinski definition) is 3. The first kappa shape index (κ1) is 12.0. The van der Waals surface area contributed by atoms with Crippen LogP contribution in [0.2, 0.25) is 0 Å². The average Bonchev–Trinajstić information content (AvgIpc) is 2.22. The number of aromatic carboxylic acids is 1. The lowest BCUT2D eigenvalue weighted by atomic mass is 10.0. The molecule has 0 aromatic heterocycles. The summed E-state index contributed by atoms with van der Waals surface area (Å²) in [6.45, 7) is 3.54. The van der Waals surface area contributed by atoms with Crippen molar-refractivity contribution in [3.05, 3.63) is 28.8 Å². The van der Waals surface area contributed by atoms with E-state index in [2.05, 4.69) is 10.6 Å². The monoisotopic (exact) mass is 222 g/mol. The van der Waals surface area contributed by atoms with Gasteiger partial charge in [-0.15, -0.1) is 0 Å². The highest BCUT2D eigenvalue weighted by molar-refractivity contribution is 5.94. The van der Waals surface area contributed by atoms with Crippen LogP contribution in [0.1, 0.15) is 21.5 Å². The molecular formula is C11H14N2O3. The standard InChI is InChI=1S/C11H14N2O3/c1-6-4-8(13-11(16)12-3)5-9(7(6)2)10(14)15/h4-5H,1-3H3,(H,14,15)(H2,12,13,16). The molecule has 0 aliphatic rings. The molecule has 0 radical (unpaired) electrons. The van der Waals surface area contributed by atoms with Gasteiger partial charge >= 0.3 is 12.0 Å². The number of carboxylic acids is 1. The molecule has 2 amide bonds. The normalized spacial score (nSPS) is 9.69. The Kier molecular flexibility index (Phi) is 3.50. The molecule has 0 heterocycles. The van der Waals surface area contributed by atoms with Crippen LogP contribution in [0.4, 0.5) is 10.5 Å². The SMILES string of the molecule is CNC(=O)Nc1cc(C)c(C)c(C(=O)O)c1. The summed E-state index contributed by atoms with van der Waals surface area (Å²) in [5.41, 5.74) is 2.20. The fraction of sp³-hybridized carbons (Fsp3) is 0.273. The van der Waals surface area contributed by atoms with Crippen molar-refractivity contribution < 1.29 is 14.7 Å². The summed E-state index contributed by atoms with van der Waals surface area (Å²) in [4.78, 5) is 22.0. The quantitative estimate of drug-likeness (QED) is 0.713. The van der Waals surface area contributed by atoms with Crippen molar-refractivity contribution in [3.8, 4) is 0 Å². The van der Waals surface area contributed by atoms with Gasteiger partial charge in [-0.1, -0.05) is 0 Å². The lowest BCUT2D eigenvalue weighted by Crippen LogP contribution is -2.24. The Balaban J connectivity index is 3.14. The first-order valence-corrected chi connectivity index (χ1v) is 4.79. The number of aryl methyl sites for hydroxylation is 1. The van der Waals surface area contributed by atoms with E-state index >= 15 is 0 Å². The van der Waals surface area contributed by atoms with Gasteiger partial charge < -0.3 is 15.7 Å². The summed E-state index contributed by atoms with van der Waals surface area (Å²) in [5.74, 6) is -0.999. The summed E-state index contributed by atoms with van der Waals surface area (Å²) >= 11 is 0. The summed E-state index contributed by atoms with van der Waals surface area (Å²) in [6.07, 6.45) is 0. The fourth-order valence-corrected chi connectivity index (χ4v) is 1.35. The maximum absolute atomic E-state index is 11.1. The molecule has 3 N–H and O–H groups in total. The first-order valence-electron chi connectivity index (χ1n) is 4.79. The molecule has 86 valence electrons. The number of hydrogen-bond acceptors (Lipinski definition) is 2. The average molecular weight is 222 g/mol. The first-order chi connectivity index (χ1) is 7.45. The highest BCUT2D eigenvalue weighted by Gasteiger charge is 2.11. The van der Waals surface area contributed by atoms with Gasteiger partial charge in [0.1, 0.15) is 0 Å². The molecule has 1 aromatic carbocycles. The van der Waals surface area contributed by atoms with Gasteiger partial charge in [0.05, 0.1) is 5.56 Å². The zero-order chi connectivity index (χ0) is 12.3. The van der Waals surface area contributed by atoms with E-state index in [1.165, 1.54) is 13.1 Å². The minimum absolute atomic E-state index is 0.200. The molecule has 0 saturated heterocycles. The van der Waals surface area contributed by atoms with Crippen LogP contribution in [0.15, 0.2) is 12.1 Å². The van der Waals surface area contributed by atoms with E-state index in [0.717, 1.165) is 5.56 Å². The van der Waals surface area contributed by atoms with Crippen LogP contribution in [-0.2, 0) is 0 Å². The molecule has 0 fully saturated rings. The van der Waals surface area contributed by atoms with Crippen LogP contribution in [0, 0.1) is 13.8 Å². The minimum Gasteiger partial charge on any atom is -0.478 e. The van der Waals surface area contributed by atoms with Crippen LogP contribution in [0.25, 0.3) is 0 Å². The smallest absolute Gasteiger partial charge is 0.336 e. The number of amides is 2. The molecule has 0 spiro atoms. The molecule has 16 heavy (non-hydrogen) atoms. The second-order valence-corrected chi connectivity index (χ2v) is 3.47. The summed E-state index contributed by atoms with van der Waals surface area (Å²) in [6, 6.07) is 2.80. The van der Waals surface area contributed by atoms with E-state index in [-0.39, 0.29) is 11.6 Å². The van der Waals surface area contributed by atoms with Crippen molar-refractivity contribution in [2.24, 2.45) is 0 Å². The van der Waals surface area contributed by atoms with Crippen molar-refractivity contribution in [1.29, 1.82) is 0 Å². The second kappa shape index (κ2) is 4.65. The van der Waals surface area contributed by atoms with E-state index < -0.39 is 5.97 Å². The van der Waals surface area contributed by atoms with E-state index in [1.54, 1.807) is 19.9 Å². The van der Waals surface area contributed by atoms with E-state index in [0.29, 0.717) is 11.3 Å². The summed E-state index contributed by atoms with van der Waals surface area (Å²) < 4.78 is 0. The number of anilines is 1. The number of nitrogens with one attached hydrogen (secondary N) is 2. The number of carboxylic acid groups (broad SMARTS) is 1. The van der Waals surface area contributed by atoms with E-state index in [9.17, 15) is 9.59 Å². The van der Waals surface area contributed by atoms with Crippen LogP contribution in [-0.4, -0.2) is 24.2 Å². The molecule has 0 unspecified atom stereocenters. The second-order valence-electron chi connectivity index (χ2n) is 3.47. The number of benzene rings is 1. The molecule has 0 aliphatic carbocycles. The molecule has 0 aliphatic heterocycles. The lowest BCUT2D eigenvalue weighted by molar-refractivity contribution is 0.0696. The Bertz CT molecular complexity index is 441. The fourth-order valence-electron chi connectivity index (χ4n) is 1.35. The molecule has 1 rings (SSSR count). The number of carbonyl (C=O) groups is 2. The zero-order valence-electron chi connectivity index (χ0n) is 9.42. The maximum Gasteiger partial charge on any atom is 0.336 e. The van der Waals surface area contributed by atoms with Crippen LogP contribution in [0.5, 0.6) is 0 Å². The predicted molar refractivity (Wildman–Crippen MR) is 61.0 cm³/mol. The van der Waals surface area contributed by atoms with Gasteiger partial charge in [-0.25, -0.2) is 9.59 Å². The third-order valence-corrected chi connectivity index (χ3v) is 2.38. The van der Waals surface area contributed by atoms with Crippen molar-refractivity contribution in [3.63, 3.8) is 0 Å². The Morgan fingerprint density at radius 2 is 1.88 bits per heavy atom. The maximum atomic E-state index is 11.1. The van der Waals surface area contributed by atoms with Crippen molar-refractivity contribution in [1.82, 2.24) is 5.32 Å². The largest absolute Gasteiger partial charge is 0.478 e. The third kappa shape index (κ3) is 2.50. The molecule has 0 atom stereocenters. The molecule has 1 aromatic rings. The van der Waals surface area contributed by atoms with E-state index in [1.807, 2.05) is 0 Å². The van der Waals surface area contributed by atoms with Gasteiger partial charge in [0.15, 0.2) is 0 Å². The molecular weight excluding hydrogens is 208 g/mol. The van der Waals surface area contributed by atoms with Crippen molar-refractivity contribution in [2.75, 3.05) is 12.4 Å². The third-order valence-electron chi connectivity index (χ3n) is 2.38. The zero-order valence-corrected chi connectivity index (χ0v) is 9.42. The van der Waals surface area contributed by atoms with Crippen molar-refractivity contribution in [2.45, 2.75) is 13.8 Å². The van der Waals surface area contributed by atoms with Gasteiger partial charge in [0.25, 0.3) is 0 Å². The van der Waals surface area contributed by atoms with Gasteiger partial charge in [-0.05, 0) is 37.1 Å². The molecule has 0 bridgehead atoms. The Morgan fingerprint density at radius 3 is 2.38 bits per heavy atom. The Labute approximate surface area is 93.5 Å².